The standard InChI is InChI=1S/C10H18O4S/c1-3-5-6-8-15(12,13)9-10(11)14-7-4-2/h4H,2-3,5-9H2,1H3. The van der Waals surface area contributed by atoms with Gasteiger partial charge in [0, 0.05) is 0 Å². The molecule has 0 saturated carbocycles. The number of ether oxygens (including phenoxy) is 1. The molecule has 0 aromatic heterocycles. The van der Waals surface area contributed by atoms with Gasteiger partial charge in [-0.2, -0.15) is 0 Å². The molecule has 0 aliphatic rings. The summed E-state index contributed by atoms with van der Waals surface area (Å²) in [7, 11) is -3.29. The molecule has 0 saturated heterocycles. The van der Waals surface area contributed by atoms with Gasteiger partial charge in [-0.3, -0.25) is 4.79 Å². The van der Waals surface area contributed by atoms with Gasteiger partial charge in [-0.05, 0) is 6.42 Å². The van der Waals surface area contributed by atoms with Crippen LogP contribution in [0.15, 0.2) is 12.7 Å². The molecule has 0 spiro atoms. The normalized spacial score (nSPS) is 11.0. The fourth-order valence-corrected chi connectivity index (χ4v) is 2.25. The molecule has 0 unspecified atom stereocenters. The monoisotopic (exact) mass is 234 g/mol. The van der Waals surface area contributed by atoms with E-state index in [9.17, 15) is 13.2 Å². The van der Waals surface area contributed by atoms with E-state index < -0.39 is 21.6 Å². The maximum absolute atomic E-state index is 11.4. The van der Waals surface area contributed by atoms with E-state index in [1.807, 2.05) is 6.92 Å². The Morgan fingerprint density at radius 1 is 1.40 bits per heavy atom. The molecule has 0 N–H and O–H groups in total. The van der Waals surface area contributed by atoms with Crippen molar-refractivity contribution in [2.45, 2.75) is 26.2 Å². The van der Waals surface area contributed by atoms with E-state index in [0.29, 0.717) is 6.42 Å². The second kappa shape index (κ2) is 7.45. The Morgan fingerprint density at radius 2 is 2.07 bits per heavy atom. The number of hydrogen-bond acceptors (Lipinski definition) is 4. The highest BCUT2D eigenvalue weighted by atomic mass is 32.2. The third-order valence-electron chi connectivity index (χ3n) is 1.76. The third kappa shape index (κ3) is 8.17. The first-order valence-electron chi connectivity index (χ1n) is 4.98. The van der Waals surface area contributed by atoms with Crippen molar-refractivity contribution in [1.29, 1.82) is 0 Å². The Balaban J connectivity index is 3.91. The van der Waals surface area contributed by atoms with Crippen molar-refractivity contribution in [3.05, 3.63) is 12.7 Å². The van der Waals surface area contributed by atoms with E-state index in [1.54, 1.807) is 0 Å². The number of carbonyl (C=O) groups is 1. The van der Waals surface area contributed by atoms with E-state index in [0.717, 1.165) is 12.8 Å². The van der Waals surface area contributed by atoms with E-state index in [4.69, 9.17) is 0 Å². The predicted octanol–water partition coefficient (Wildman–Crippen LogP) is 1.32. The van der Waals surface area contributed by atoms with Gasteiger partial charge in [-0.15, -0.1) is 0 Å². The minimum atomic E-state index is -3.29. The zero-order valence-electron chi connectivity index (χ0n) is 9.07. The van der Waals surface area contributed by atoms with Crippen LogP contribution in [0.3, 0.4) is 0 Å². The molecule has 0 rings (SSSR count). The molecule has 0 heterocycles. The summed E-state index contributed by atoms with van der Waals surface area (Å²) >= 11 is 0. The van der Waals surface area contributed by atoms with Crippen molar-refractivity contribution in [3.63, 3.8) is 0 Å². The molecule has 0 aromatic rings. The molecule has 0 aromatic carbocycles. The molecule has 0 atom stereocenters. The van der Waals surface area contributed by atoms with Crippen molar-refractivity contribution in [2.24, 2.45) is 0 Å². The molecule has 0 amide bonds. The number of carbonyl (C=O) groups excluding carboxylic acids is 1. The van der Waals surface area contributed by atoms with E-state index in [-0.39, 0.29) is 12.4 Å². The molecule has 0 fully saturated rings. The van der Waals surface area contributed by atoms with Crippen LogP contribution >= 0.6 is 0 Å². The maximum Gasteiger partial charge on any atom is 0.321 e. The van der Waals surface area contributed by atoms with E-state index in [1.165, 1.54) is 6.08 Å². The molecule has 88 valence electrons. The summed E-state index contributed by atoms with van der Waals surface area (Å²) in [5.41, 5.74) is 0. The first-order valence-corrected chi connectivity index (χ1v) is 6.81. The quantitative estimate of drug-likeness (QED) is 0.361. The fourth-order valence-electron chi connectivity index (χ4n) is 1.02. The zero-order chi connectivity index (χ0) is 11.7. The lowest BCUT2D eigenvalue weighted by Crippen LogP contribution is -2.21. The summed E-state index contributed by atoms with van der Waals surface area (Å²) in [4.78, 5) is 11.0. The topological polar surface area (TPSA) is 60.4 Å². The molecular weight excluding hydrogens is 216 g/mol. The van der Waals surface area contributed by atoms with Crippen molar-refractivity contribution < 1.29 is 17.9 Å². The minimum Gasteiger partial charge on any atom is -0.461 e. The third-order valence-corrected chi connectivity index (χ3v) is 3.35. The Morgan fingerprint density at radius 3 is 2.60 bits per heavy atom. The molecule has 0 bridgehead atoms. The van der Waals surface area contributed by atoms with Gasteiger partial charge in [0.15, 0.2) is 9.84 Å². The van der Waals surface area contributed by atoms with Gasteiger partial charge in [0.25, 0.3) is 0 Å². The lowest BCUT2D eigenvalue weighted by Gasteiger charge is -2.03. The molecule has 0 radical (unpaired) electrons. The largest absolute Gasteiger partial charge is 0.461 e. The van der Waals surface area contributed by atoms with Crippen molar-refractivity contribution in [3.8, 4) is 0 Å². The average Bonchev–Trinajstić information content (AvgIpc) is 2.14. The number of rotatable bonds is 8. The van der Waals surface area contributed by atoms with Gasteiger partial charge in [-0.1, -0.05) is 32.4 Å². The van der Waals surface area contributed by atoms with Crippen LogP contribution in [0.5, 0.6) is 0 Å². The highest BCUT2D eigenvalue weighted by Gasteiger charge is 2.16. The highest BCUT2D eigenvalue weighted by Crippen LogP contribution is 2.00. The fraction of sp³-hybridized carbons (Fsp3) is 0.700. The highest BCUT2D eigenvalue weighted by molar-refractivity contribution is 7.92. The SMILES string of the molecule is C=CCOC(=O)CS(=O)(=O)CCCCC. The summed E-state index contributed by atoms with van der Waals surface area (Å²) in [6, 6.07) is 0. The van der Waals surface area contributed by atoms with Gasteiger partial charge >= 0.3 is 5.97 Å². The van der Waals surface area contributed by atoms with Crippen LogP contribution in [0, 0.1) is 0 Å². The Kier molecular flexibility index (Phi) is 7.03. The van der Waals surface area contributed by atoms with Crippen molar-refractivity contribution in [2.75, 3.05) is 18.1 Å². The second-order valence-electron chi connectivity index (χ2n) is 3.27. The smallest absolute Gasteiger partial charge is 0.321 e. The van der Waals surface area contributed by atoms with E-state index in [2.05, 4.69) is 11.3 Å². The van der Waals surface area contributed by atoms with Crippen LogP contribution in [0.25, 0.3) is 0 Å². The molecule has 0 aliphatic carbocycles. The van der Waals surface area contributed by atoms with Gasteiger partial charge < -0.3 is 4.74 Å². The Labute approximate surface area is 91.2 Å². The molecule has 0 aliphatic heterocycles. The second-order valence-corrected chi connectivity index (χ2v) is 5.45. The van der Waals surface area contributed by atoms with Crippen LogP contribution < -0.4 is 0 Å². The Hall–Kier alpha value is -0.840. The number of hydrogen-bond donors (Lipinski definition) is 0. The van der Waals surface area contributed by atoms with Crippen LogP contribution in [-0.4, -0.2) is 32.5 Å². The Bertz CT molecular complexity index is 293. The number of unbranched alkanes of at least 4 members (excludes halogenated alkanes) is 2. The molecular formula is C10H18O4S. The number of esters is 1. The molecule has 15 heavy (non-hydrogen) atoms. The lowest BCUT2D eigenvalue weighted by atomic mass is 10.3. The van der Waals surface area contributed by atoms with Crippen LogP contribution in [-0.2, 0) is 19.4 Å². The van der Waals surface area contributed by atoms with Gasteiger partial charge in [0.05, 0.1) is 5.75 Å². The van der Waals surface area contributed by atoms with Crippen LogP contribution in [0.2, 0.25) is 0 Å². The summed E-state index contributed by atoms with van der Waals surface area (Å²) in [5, 5.41) is 0. The maximum atomic E-state index is 11.4. The van der Waals surface area contributed by atoms with E-state index >= 15 is 0 Å². The molecule has 5 heteroatoms. The van der Waals surface area contributed by atoms with Crippen LogP contribution in [0.1, 0.15) is 26.2 Å². The summed E-state index contributed by atoms with van der Waals surface area (Å²) in [6.07, 6.45) is 3.83. The van der Waals surface area contributed by atoms with Crippen molar-refractivity contribution >= 4 is 15.8 Å². The summed E-state index contributed by atoms with van der Waals surface area (Å²) in [6.45, 7) is 5.41. The van der Waals surface area contributed by atoms with Crippen molar-refractivity contribution in [1.82, 2.24) is 0 Å². The van der Waals surface area contributed by atoms with Crippen LogP contribution in [0.4, 0.5) is 0 Å². The zero-order valence-corrected chi connectivity index (χ0v) is 9.88. The van der Waals surface area contributed by atoms with Gasteiger partial charge in [-0.25, -0.2) is 8.42 Å². The average molecular weight is 234 g/mol. The lowest BCUT2D eigenvalue weighted by molar-refractivity contribution is -0.139. The minimum absolute atomic E-state index is 0.0588. The number of sulfone groups is 1. The first kappa shape index (κ1) is 14.2. The van der Waals surface area contributed by atoms with Gasteiger partial charge in [0.1, 0.15) is 12.4 Å². The summed E-state index contributed by atoms with van der Waals surface area (Å²) < 4.78 is 27.3. The first-order chi connectivity index (χ1) is 7.02. The predicted molar refractivity (Wildman–Crippen MR) is 59.3 cm³/mol. The van der Waals surface area contributed by atoms with Gasteiger partial charge in [0.2, 0.25) is 0 Å². The summed E-state index contributed by atoms with van der Waals surface area (Å²) in [5.74, 6) is -1.17. The molecule has 4 nitrogen and oxygen atoms in total.